The molecule has 0 fully saturated rings. The van der Waals surface area contributed by atoms with Crippen LogP contribution in [-0.4, -0.2) is 17.7 Å². The minimum absolute atomic E-state index is 0.211. The van der Waals surface area contributed by atoms with Gasteiger partial charge in [0.15, 0.2) is 0 Å². The van der Waals surface area contributed by atoms with Gasteiger partial charge in [-0.2, -0.15) is 0 Å². The fraction of sp³-hybridized carbons (Fsp3) is 0.333. The molecule has 0 aliphatic carbocycles. The standard InChI is InChI=1S/C15H18FNOS/c1-11(9-12-4-6-13(16)7-5-12)17-10-14(18)15-3-2-8-19-15/h2-8,11,14,17-18H,9-10H2,1H3. The first-order valence-electron chi connectivity index (χ1n) is 6.34. The van der Waals surface area contributed by atoms with Crippen LogP contribution in [-0.2, 0) is 6.42 Å². The third-order valence-corrected chi connectivity index (χ3v) is 3.96. The highest BCUT2D eigenvalue weighted by molar-refractivity contribution is 7.10. The molecule has 1 aromatic carbocycles. The molecule has 0 spiro atoms. The van der Waals surface area contributed by atoms with Crippen LogP contribution in [0.3, 0.4) is 0 Å². The molecule has 0 radical (unpaired) electrons. The van der Waals surface area contributed by atoms with Crippen LogP contribution in [0.25, 0.3) is 0 Å². The molecule has 2 N–H and O–H groups in total. The summed E-state index contributed by atoms with van der Waals surface area (Å²) in [4.78, 5) is 0.974. The summed E-state index contributed by atoms with van der Waals surface area (Å²) in [5, 5.41) is 15.2. The van der Waals surface area contributed by atoms with Gasteiger partial charge in [0, 0.05) is 17.5 Å². The number of hydrogen-bond donors (Lipinski definition) is 2. The van der Waals surface area contributed by atoms with Crippen molar-refractivity contribution in [1.29, 1.82) is 0 Å². The molecule has 0 saturated carbocycles. The van der Waals surface area contributed by atoms with E-state index in [9.17, 15) is 9.50 Å². The molecule has 0 amide bonds. The lowest BCUT2D eigenvalue weighted by Gasteiger charge is -2.16. The Kier molecular flexibility index (Phi) is 5.07. The molecule has 2 nitrogen and oxygen atoms in total. The zero-order valence-corrected chi connectivity index (χ0v) is 11.7. The second-order valence-corrected chi connectivity index (χ2v) is 5.65. The van der Waals surface area contributed by atoms with E-state index in [0.29, 0.717) is 6.54 Å². The minimum atomic E-state index is -0.462. The molecule has 0 aliphatic heterocycles. The number of rotatable bonds is 6. The fourth-order valence-corrected chi connectivity index (χ4v) is 2.65. The zero-order chi connectivity index (χ0) is 13.7. The van der Waals surface area contributed by atoms with E-state index in [1.807, 2.05) is 17.5 Å². The van der Waals surface area contributed by atoms with Crippen molar-refractivity contribution in [3.8, 4) is 0 Å². The highest BCUT2D eigenvalue weighted by atomic mass is 32.1. The highest BCUT2D eigenvalue weighted by Crippen LogP contribution is 2.18. The molecule has 19 heavy (non-hydrogen) atoms. The van der Waals surface area contributed by atoms with Crippen molar-refractivity contribution in [3.05, 3.63) is 58.0 Å². The van der Waals surface area contributed by atoms with E-state index in [1.165, 1.54) is 12.1 Å². The first-order valence-corrected chi connectivity index (χ1v) is 7.22. The third-order valence-electron chi connectivity index (χ3n) is 2.99. The quantitative estimate of drug-likeness (QED) is 0.851. The van der Waals surface area contributed by atoms with Crippen molar-refractivity contribution in [2.45, 2.75) is 25.5 Å². The lowest BCUT2D eigenvalue weighted by Crippen LogP contribution is -2.31. The van der Waals surface area contributed by atoms with E-state index in [2.05, 4.69) is 12.2 Å². The van der Waals surface area contributed by atoms with Crippen molar-refractivity contribution < 1.29 is 9.50 Å². The number of aliphatic hydroxyl groups excluding tert-OH is 1. The maximum absolute atomic E-state index is 12.8. The molecule has 1 aromatic heterocycles. The van der Waals surface area contributed by atoms with Crippen LogP contribution in [0.4, 0.5) is 4.39 Å². The van der Waals surface area contributed by atoms with Gasteiger partial charge in [0.1, 0.15) is 11.9 Å². The van der Waals surface area contributed by atoms with Crippen LogP contribution in [0.1, 0.15) is 23.5 Å². The first-order chi connectivity index (χ1) is 9.15. The van der Waals surface area contributed by atoms with Gasteiger partial charge in [0.05, 0.1) is 0 Å². The van der Waals surface area contributed by atoms with Gasteiger partial charge in [0.2, 0.25) is 0 Å². The number of nitrogens with one attached hydrogen (secondary N) is 1. The summed E-state index contributed by atoms with van der Waals surface area (Å²) in [5.41, 5.74) is 1.09. The van der Waals surface area contributed by atoms with Gasteiger partial charge in [-0.15, -0.1) is 11.3 Å². The average Bonchev–Trinajstić information content (AvgIpc) is 2.93. The summed E-state index contributed by atoms with van der Waals surface area (Å²) in [6.07, 6.45) is 0.355. The Morgan fingerprint density at radius 3 is 2.63 bits per heavy atom. The van der Waals surface area contributed by atoms with Crippen molar-refractivity contribution >= 4 is 11.3 Å². The molecule has 0 saturated heterocycles. The first kappa shape index (κ1) is 14.2. The molecule has 102 valence electrons. The van der Waals surface area contributed by atoms with E-state index in [4.69, 9.17) is 0 Å². The maximum atomic E-state index is 12.8. The molecule has 2 rings (SSSR count). The average molecular weight is 279 g/mol. The summed E-state index contributed by atoms with van der Waals surface area (Å²) in [6.45, 7) is 2.59. The Morgan fingerprint density at radius 2 is 2.00 bits per heavy atom. The second-order valence-electron chi connectivity index (χ2n) is 4.67. The molecular weight excluding hydrogens is 261 g/mol. The number of halogens is 1. The normalized spacial score (nSPS) is 14.3. The van der Waals surface area contributed by atoms with E-state index in [-0.39, 0.29) is 11.9 Å². The van der Waals surface area contributed by atoms with Gasteiger partial charge in [-0.3, -0.25) is 0 Å². The van der Waals surface area contributed by atoms with E-state index in [1.54, 1.807) is 23.5 Å². The smallest absolute Gasteiger partial charge is 0.123 e. The van der Waals surface area contributed by atoms with Crippen LogP contribution in [0.15, 0.2) is 41.8 Å². The van der Waals surface area contributed by atoms with Gasteiger partial charge in [-0.05, 0) is 42.5 Å². The number of hydrogen-bond acceptors (Lipinski definition) is 3. The van der Waals surface area contributed by atoms with Gasteiger partial charge in [0.25, 0.3) is 0 Å². The topological polar surface area (TPSA) is 32.3 Å². The summed E-state index contributed by atoms with van der Waals surface area (Å²) in [7, 11) is 0. The van der Waals surface area contributed by atoms with Crippen molar-refractivity contribution in [1.82, 2.24) is 5.32 Å². The van der Waals surface area contributed by atoms with Crippen molar-refractivity contribution in [2.24, 2.45) is 0 Å². The lowest BCUT2D eigenvalue weighted by molar-refractivity contribution is 0.174. The van der Waals surface area contributed by atoms with Crippen LogP contribution in [0.5, 0.6) is 0 Å². The SMILES string of the molecule is CC(Cc1ccc(F)cc1)NCC(O)c1cccs1. The molecule has 4 heteroatoms. The molecule has 2 atom stereocenters. The van der Waals surface area contributed by atoms with Gasteiger partial charge >= 0.3 is 0 Å². The zero-order valence-electron chi connectivity index (χ0n) is 10.8. The maximum Gasteiger partial charge on any atom is 0.123 e. The number of aliphatic hydroxyl groups is 1. The van der Waals surface area contributed by atoms with Gasteiger partial charge in [-0.25, -0.2) is 4.39 Å². The van der Waals surface area contributed by atoms with Crippen LogP contribution in [0, 0.1) is 5.82 Å². The Bertz CT molecular complexity index is 483. The van der Waals surface area contributed by atoms with Gasteiger partial charge in [-0.1, -0.05) is 18.2 Å². The molecule has 2 unspecified atom stereocenters. The Balaban J connectivity index is 1.78. The van der Waals surface area contributed by atoms with Crippen molar-refractivity contribution in [2.75, 3.05) is 6.54 Å². The second kappa shape index (κ2) is 6.80. The predicted molar refractivity (Wildman–Crippen MR) is 76.8 cm³/mol. The molecule has 0 bridgehead atoms. The molecule has 1 heterocycles. The minimum Gasteiger partial charge on any atom is -0.386 e. The fourth-order valence-electron chi connectivity index (χ4n) is 1.94. The molecule has 0 aliphatic rings. The Morgan fingerprint density at radius 1 is 1.26 bits per heavy atom. The predicted octanol–water partition coefficient (Wildman–Crippen LogP) is 3.14. The highest BCUT2D eigenvalue weighted by Gasteiger charge is 2.10. The largest absolute Gasteiger partial charge is 0.386 e. The van der Waals surface area contributed by atoms with E-state index < -0.39 is 6.10 Å². The van der Waals surface area contributed by atoms with E-state index in [0.717, 1.165) is 16.9 Å². The molecular formula is C15H18FNOS. The van der Waals surface area contributed by atoms with Crippen LogP contribution in [0.2, 0.25) is 0 Å². The Hall–Kier alpha value is -1.23. The Labute approximate surface area is 116 Å². The van der Waals surface area contributed by atoms with Crippen LogP contribution < -0.4 is 5.32 Å². The van der Waals surface area contributed by atoms with Crippen molar-refractivity contribution in [3.63, 3.8) is 0 Å². The monoisotopic (exact) mass is 279 g/mol. The summed E-state index contributed by atoms with van der Waals surface area (Å²) in [6, 6.07) is 10.6. The van der Waals surface area contributed by atoms with E-state index >= 15 is 0 Å². The van der Waals surface area contributed by atoms with Gasteiger partial charge < -0.3 is 10.4 Å². The number of benzene rings is 1. The summed E-state index contributed by atoms with van der Waals surface area (Å²) in [5.74, 6) is -0.211. The van der Waals surface area contributed by atoms with Crippen LogP contribution >= 0.6 is 11.3 Å². The lowest BCUT2D eigenvalue weighted by atomic mass is 10.1. The summed E-state index contributed by atoms with van der Waals surface area (Å²) >= 11 is 1.56. The number of thiophene rings is 1. The summed E-state index contributed by atoms with van der Waals surface area (Å²) < 4.78 is 12.8. The third kappa shape index (κ3) is 4.42. The molecule has 2 aromatic rings.